The van der Waals surface area contributed by atoms with Gasteiger partial charge in [-0.1, -0.05) is 29.8 Å². The monoisotopic (exact) mass is 361 g/mol. The maximum atomic E-state index is 13.8. The number of aryl methyl sites for hydroxylation is 1. The molecule has 2 aromatic heterocycles. The first kappa shape index (κ1) is 17.2. The average Bonchev–Trinajstić information content (AvgIpc) is 3.06. The Bertz CT molecular complexity index is 918. The van der Waals surface area contributed by atoms with Crippen molar-refractivity contribution in [3.63, 3.8) is 0 Å². The molecule has 6 nitrogen and oxygen atoms in total. The molecule has 0 saturated carbocycles. The number of hydrogen-bond acceptors (Lipinski definition) is 3. The van der Waals surface area contributed by atoms with E-state index < -0.39 is 0 Å². The van der Waals surface area contributed by atoms with E-state index in [4.69, 9.17) is 11.6 Å². The topological polar surface area (TPSA) is 64.7 Å². The number of carbonyl (C=O) groups excluding carboxylic acids is 1. The number of rotatable bonds is 5. The van der Waals surface area contributed by atoms with Crippen molar-refractivity contribution in [1.82, 2.24) is 19.6 Å². The van der Waals surface area contributed by atoms with Crippen LogP contribution in [-0.4, -0.2) is 25.5 Å². The zero-order valence-corrected chi connectivity index (χ0v) is 14.6. The average molecular weight is 362 g/mol. The lowest BCUT2D eigenvalue weighted by Crippen LogP contribution is -2.20. The maximum absolute atomic E-state index is 13.8. The second-order valence-electron chi connectivity index (χ2n) is 5.70. The Morgan fingerprint density at radius 3 is 2.72 bits per heavy atom. The molecule has 0 fully saturated rings. The molecule has 3 rings (SSSR count). The van der Waals surface area contributed by atoms with Gasteiger partial charge in [-0.25, -0.2) is 4.39 Å². The Balaban J connectivity index is 1.69. The van der Waals surface area contributed by atoms with E-state index in [1.807, 2.05) is 6.92 Å². The number of benzene rings is 1. The standard InChI is InChI=1S/C17H17ClFN5O/c1-11-7-16(21-17(25)10-24-12(2)14(18)8-20-24)22-23(11)9-13-5-3-4-6-15(13)19/h3-8H,9-10H2,1-2H3,(H,21,22,25). The van der Waals surface area contributed by atoms with Crippen LogP contribution in [0.1, 0.15) is 17.0 Å². The molecule has 3 aromatic rings. The molecule has 130 valence electrons. The molecule has 0 unspecified atom stereocenters. The van der Waals surface area contributed by atoms with E-state index in [9.17, 15) is 9.18 Å². The minimum absolute atomic E-state index is 0.0395. The summed E-state index contributed by atoms with van der Waals surface area (Å²) in [7, 11) is 0. The molecule has 2 heterocycles. The number of halogens is 2. The summed E-state index contributed by atoms with van der Waals surface area (Å²) in [6.45, 7) is 3.97. The Labute approximate surface area is 149 Å². The van der Waals surface area contributed by atoms with Crippen LogP contribution in [0.15, 0.2) is 36.5 Å². The number of aromatic nitrogens is 4. The first-order chi connectivity index (χ1) is 11.9. The number of nitrogens with one attached hydrogen (secondary N) is 1. The maximum Gasteiger partial charge on any atom is 0.247 e. The molecule has 1 N–H and O–H groups in total. The minimum atomic E-state index is -0.283. The fraction of sp³-hybridized carbons (Fsp3) is 0.235. The molecular weight excluding hydrogens is 345 g/mol. The molecule has 1 aromatic carbocycles. The van der Waals surface area contributed by atoms with Crippen LogP contribution in [0.4, 0.5) is 10.2 Å². The molecule has 0 atom stereocenters. The van der Waals surface area contributed by atoms with Gasteiger partial charge in [0.2, 0.25) is 5.91 Å². The van der Waals surface area contributed by atoms with Crippen LogP contribution in [0.25, 0.3) is 0 Å². The lowest BCUT2D eigenvalue weighted by Gasteiger charge is -2.06. The smallest absolute Gasteiger partial charge is 0.247 e. The van der Waals surface area contributed by atoms with Crippen LogP contribution in [0.3, 0.4) is 0 Å². The number of hydrogen-bond donors (Lipinski definition) is 1. The highest BCUT2D eigenvalue weighted by molar-refractivity contribution is 6.31. The second kappa shape index (κ2) is 7.06. The van der Waals surface area contributed by atoms with Gasteiger partial charge in [-0.05, 0) is 19.9 Å². The molecule has 25 heavy (non-hydrogen) atoms. The van der Waals surface area contributed by atoms with Crippen molar-refractivity contribution in [2.45, 2.75) is 26.9 Å². The van der Waals surface area contributed by atoms with Crippen molar-refractivity contribution in [3.05, 3.63) is 64.3 Å². The number of anilines is 1. The molecular formula is C17H17ClFN5O. The first-order valence-corrected chi connectivity index (χ1v) is 8.07. The predicted molar refractivity (Wildman–Crippen MR) is 93.1 cm³/mol. The summed E-state index contributed by atoms with van der Waals surface area (Å²) in [5.41, 5.74) is 2.07. The SMILES string of the molecule is Cc1cc(NC(=O)Cn2ncc(Cl)c2C)nn1Cc1ccccc1F. The third-order valence-electron chi connectivity index (χ3n) is 3.86. The van der Waals surface area contributed by atoms with Gasteiger partial charge in [-0.15, -0.1) is 0 Å². The van der Waals surface area contributed by atoms with Crippen LogP contribution in [-0.2, 0) is 17.9 Å². The van der Waals surface area contributed by atoms with E-state index in [-0.39, 0.29) is 18.3 Å². The van der Waals surface area contributed by atoms with Gasteiger partial charge in [0.05, 0.1) is 23.5 Å². The summed E-state index contributed by atoms with van der Waals surface area (Å²) in [4.78, 5) is 12.2. The van der Waals surface area contributed by atoms with Crippen LogP contribution >= 0.6 is 11.6 Å². The molecule has 0 aliphatic carbocycles. The highest BCUT2D eigenvalue weighted by Crippen LogP contribution is 2.15. The van der Waals surface area contributed by atoms with Crippen molar-refractivity contribution in [2.75, 3.05) is 5.32 Å². The van der Waals surface area contributed by atoms with Gasteiger partial charge in [0.25, 0.3) is 0 Å². The molecule has 0 bridgehead atoms. The molecule has 0 aliphatic rings. The van der Waals surface area contributed by atoms with Crippen molar-refractivity contribution < 1.29 is 9.18 Å². The van der Waals surface area contributed by atoms with E-state index in [0.29, 0.717) is 22.9 Å². The number of amides is 1. The third kappa shape index (κ3) is 3.88. The van der Waals surface area contributed by atoms with Crippen LogP contribution in [0.5, 0.6) is 0 Å². The minimum Gasteiger partial charge on any atom is -0.308 e. The Morgan fingerprint density at radius 2 is 2.04 bits per heavy atom. The summed E-state index contributed by atoms with van der Waals surface area (Å²) < 4.78 is 16.9. The molecule has 0 spiro atoms. The number of nitrogens with zero attached hydrogens (tertiary/aromatic N) is 4. The van der Waals surface area contributed by atoms with Crippen LogP contribution < -0.4 is 5.32 Å². The van der Waals surface area contributed by atoms with E-state index >= 15 is 0 Å². The highest BCUT2D eigenvalue weighted by atomic mass is 35.5. The number of carbonyl (C=O) groups is 1. The zero-order valence-electron chi connectivity index (χ0n) is 13.8. The van der Waals surface area contributed by atoms with Gasteiger partial charge in [-0.3, -0.25) is 14.2 Å². The van der Waals surface area contributed by atoms with Crippen molar-refractivity contribution >= 4 is 23.3 Å². The highest BCUT2D eigenvalue weighted by Gasteiger charge is 2.12. The molecule has 8 heteroatoms. The van der Waals surface area contributed by atoms with Gasteiger partial charge >= 0.3 is 0 Å². The predicted octanol–water partition coefficient (Wildman–Crippen LogP) is 3.18. The first-order valence-electron chi connectivity index (χ1n) is 7.69. The van der Waals surface area contributed by atoms with Crippen LogP contribution in [0.2, 0.25) is 5.02 Å². The van der Waals surface area contributed by atoms with Gasteiger partial charge in [-0.2, -0.15) is 10.2 Å². The van der Waals surface area contributed by atoms with Crippen molar-refractivity contribution in [2.24, 2.45) is 0 Å². The zero-order chi connectivity index (χ0) is 18.0. The Hall–Kier alpha value is -2.67. The summed E-state index contributed by atoms with van der Waals surface area (Å²) in [6, 6.07) is 8.27. The van der Waals surface area contributed by atoms with Crippen molar-refractivity contribution in [1.29, 1.82) is 0 Å². The summed E-state index contributed by atoms with van der Waals surface area (Å²) in [5, 5.41) is 11.6. The third-order valence-corrected chi connectivity index (χ3v) is 4.23. The summed E-state index contributed by atoms with van der Waals surface area (Å²) in [5.74, 6) is -0.137. The molecule has 0 radical (unpaired) electrons. The van der Waals surface area contributed by atoms with E-state index in [0.717, 1.165) is 11.4 Å². The molecule has 0 saturated heterocycles. The fourth-order valence-electron chi connectivity index (χ4n) is 2.42. The second-order valence-corrected chi connectivity index (χ2v) is 6.11. The molecule has 0 aliphatic heterocycles. The lowest BCUT2D eigenvalue weighted by atomic mass is 10.2. The van der Waals surface area contributed by atoms with Gasteiger partial charge < -0.3 is 5.32 Å². The van der Waals surface area contributed by atoms with Gasteiger partial charge in [0, 0.05) is 17.3 Å². The van der Waals surface area contributed by atoms with Gasteiger partial charge in [0.1, 0.15) is 12.4 Å². The van der Waals surface area contributed by atoms with Crippen LogP contribution in [0, 0.1) is 19.7 Å². The normalized spacial score (nSPS) is 10.9. The summed E-state index contributed by atoms with van der Waals surface area (Å²) in [6.07, 6.45) is 1.50. The van der Waals surface area contributed by atoms with E-state index in [2.05, 4.69) is 15.5 Å². The quantitative estimate of drug-likeness (QED) is 0.759. The largest absolute Gasteiger partial charge is 0.308 e. The Kier molecular flexibility index (Phi) is 4.85. The summed E-state index contributed by atoms with van der Waals surface area (Å²) >= 11 is 5.93. The van der Waals surface area contributed by atoms with Gasteiger partial charge in [0.15, 0.2) is 5.82 Å². The van der Waals surface area contributed by atoms with Crippen molar-refractivity contribution in [3.8, 4) is 0 Å². The molecule has 1 amide bonds. The lowest BCUT2D eigenvalue weighted by molar-refractivity contribution is -0.117. The van der Waals surface area contributed by atoms with E-state index in [1.54, 1.807) is 35.9 Å². The Morgan fingerprint density at radius 1 is 1.28 bits per heavy atom. The fourth-order valence-corrected chi connectivity index (χ4v) is 2.56. The van der Waals surface area contributed by atoms with E-state index in [1.165, 1.54) is 16.9 Å².